The number of thioether (sulfide) groups is 2. The zero-order valence-electron chi connectivity index (χ0n) is 18.0. The molecule has 0 saturated carbocycles. The Balaban J connectivity index is 1.77. The van der Waals surface area contributed by atoms with Gasteiger partial charge in [0.05, 0.1) is 26.2 Å². The fourth-order valence-electron chi connectivity index (χ4n) is 3.02. The Bertz CT molecular complexity index is 1060. The highest BCUT2D eigenvalue weighted by molar-refractivity contribution is 8.18. The van der Waals surface area contributed by atoms with E-state index < -0.39 is 17.1 Å². The van der Waals surface area contributed by atoms with Gasteiger partial charge in [0, 0.05) is 10.6 Å². The summed E-state index contributed by atoms with van der Waals surface area (Å²) in [4.78, 5) is 39.7. The average Bonchev–Trinajstić information content (AvgIpc) is 3.05. The molecule has 0 radical (unpaired) electrons. The number of nitrogens with zero attached hydrogens (tertiary/aromatic N) is 1. The maximum atomic E-state index is 12.8. The number of benzene rings is 2. The second-order valence-corrected chi connectivity index (χ2v) is 8.38. The summed E-state index contributed by atoms with van der Waals surface area (Å²) in [5.41, 5.74) is 1.19. The lowest BCUT2D eigenvalue weighted by atomic mass is 10.1. The Kier molecular flexibility index (Phi) is 7.70. The summed E-state index contributed by atoms with van der Waals surface area (Å²) in [6, 6.07) is 10.6. The van der Waals surface area contributed by atoms with Crippen LogP contribution in [0.1, 0.15) is 5.56 Å². The summed E-state index contributed by atoms with van der Waals surface area (Å²) >= 11 is 2.32. The fraction of sp³-hybridized carbons (Fsp3) is 0.227. The van der Waals surface area contributed by atoms with Crippen LogP contribution >= 0.6 is 23.5 Å². The Hall–Kier alpha value is -3.11. The first-order chi connectivity index (χ1) is 15.4. The van der Waals surface area contributed by atoms with E-state index in [1.165, 1.54) is 21.3 Å². The van der Waals surface area contributed by atoms with Gasteiger partial charge in [-0.15, -0.1) is 11.8 Å². The standard InChI is InChI=1S/C22H22N2O6S2/c1-28-16-8-13(9-17(29-2)20(16)30-3)10-18-21(26)24(22(27)32-18)12-19(25)23-14-6-5-7-15(11-14)31-4/h5-11H,12H2,1-4H3,(H,23,25)/b18-10+. The lowest BCUT2D eigenvalue weighted by Gasteiger charge is -2.13. The van der Waals surface area contributed by atoms with Crippen LogP contribution in [-0.4, -0.2) is 56.1 Å². The van der Waals surface area contributed by atoms with E-state index in [4.69, 9.17) is 14.2 Å². The minimum Gasteiger partial charge on any atom is -0.493 e. The molecular formula is C22H22N2O6S2. The van der Waals surface area contributed by atoms with Crippen molar-refractivity contribution in [3.05, 3.63) is 46.9 Å². The van der Waals surface area contributed by atoms with E-state index in [1.54, 1.807) is 36.0 Å². The van der Waals surface area contributed by atoms with Crippen LogP contribution in [0.3, 0.4) is 0 Å². The molecule has 3 amide bonds. The van der Waals surface area contributed by atoms with Crippen LogP contribution in [0.2, 0.25) is 0 Å². The number of ether oxygens (including phenoxy) is 3. The molecule has 3 rings (SSSR count). The topological polar surface area (TPSA) is 94.2 Å². The van der Waals surface area contributed by atoms with Crippen molar-refractivity contribution in [1.29, 1.82) is 0 Å². The van der Waals surface area contributed by atoms with E-state index in [2.05, 4.69) is 5.32 Å². The largest absolute Gasteiger partial charge is 0.493 e. The molecule has 0 spiro atoms. The SMILES string of the molecule is COc1cc(/C=C2/SC(=O)N(CC(=O)Nc3cccc(SC)c3)C2=O)cc(OC)c1OC. The number of hydrogen-bond acceptors (Lipinski definition) is 8. The maximum absolute atomic E-state index is 12.8. The number of amides is 3. The lowest BCUT2D eigenvalue weighted by molar-refractivity contribution is -0.127. The molecule has 0 aliphatic carbocycles. The van der Waals surface area contributed by atoms with E-state index >= 15 is 0 Å². The third-order valence-electron chi connectivity index (χ3n) is 4.51. The van der Waals surface area contributed by atoms with Crippen LogP contribution < -0.4 is 19.5 Å². The zero-order chi connectivity index (χ0) is 23.3. The average molecular weight is 475 g/mol. The molecule has 1 fully saturated rings. The molecule has 2 aromatic carbocycles. The third-order valence-corrected chi connectivity index (χ3v) is 6.15. The highest BCUT2D eigenvalue weighted by atomic mass is 32.2. The molecule has 1 saturated heterocycles. The normalized spacial score (nSPS) is 14.6. The number of hydrogen-bond donors (Lipinski definition) is 1. The van der Waals surface area contributed by atoms with E-state index in [0.29, 0.717) is 28.5 Å². The van der Waals surface area contributed by atoms with Gasteiger partial charge >= 0.3 is 0 Å². The van der Waals surface area contributed by atoms with Gasteiger partial charge < -0.3 is 19.5 Å². The Labute approximate surface area is 194 Å². The van der Waals surface area contributed by atoms with Crippen molar-refractivity contribution in [2.24, 2.45) is 0 Å². The fourth-order valence-corrected chi connectivity index (χ4v) is 4.32. The van der Waals surface area contributed by atoms with Gasteiger partial charge in [0.1, 0.15) is 6.54 Å². The lowest BCUT2D eigenvalue weighted by Crippen LogP contribution is -2.36. The number of rotatable bonds is 8. The van der Waals surface area contributed by atoms with Crippen molar-refractivity contribution in [1.82, 2.24) is 4.90 Å². The minimum absolute atomic E-state index is 0.196. The maximum Gasteiger partial charge on any atom is 0.294 e. The highest BCUT2D eigenvalue weighted by Gasteiger charge is 2.36. The van der Waals surface area contributed by atoms with Gasteiger partial charge in [0.25, 0.3) is 11.1 Å². The van der Waals surface area contributed by atoms with E-state index in [9.17, 15) is 14.4 Å². The highest BCUT2D eigenvalue weighted by Crippen LogP contribution is 2.40. The van der Waals surface area contributed by atoms with Gasteiger partial charge in [-0.1, -0.05) is 6.07 Å². The van der Waals surface area contributed by atoms with Gasteiger partial charge in [0.15, 0.2) is 11.5 Å². The Morgan fingerprint density at radius 2 is 1.78 bits per heavy atom. The van der Waals surface area contributed by atoms with Crippen LogP contribution in [-0.2, 0) is 9.59 Å². The third kappa shape index (κ3) is 5.20. The van der Waals surface area contributed by atoms with Gasteiger partial charge in [-0.2, -0.15) is 0 Å². The Morgan fingerprint density at radius 1 is 1.09 bits per heavy atom. The molecule has 0 unspecified atom stereocenters. The number of methoxy groups -OCH3 is 3. The molecule has 1 aliphatic rings. The number of anilines is 1. The predicted octanol–water partition coefficient (Wildman–Crippen LogP) is 4.11. The molecule has 0 aromatic heterocycles. The predicted molar refractivity (Wildman–Crippen MR) is 126 cm³/mol. The summed E-state index contributed by atoms with van der Waals surface area (Å²) < 4.78 is 15.9. The second kappa shape index (κ2) is 10.5. The molecule has 10 heteroatoms. The van der Waals surface area contributed by atoms with Gasteiger partial charge in [-0.05, 0) is 60.0 Å². The van der Waals surface area contributed by atoms with Gasteiger partial charge in [-0.3, -0.25) is 19.3 Å². The first-order valence-electron chi connectivity index (χ1n) is 9.39. The smallest absolute Gasteiger partial charge is 0.294 e. The number of carbonyl (C=O) groups excluding carboxylic acids is 3. The van der Waals surface area contributed by atoms with E-state index in [0.717, 1.165) is 21.6 Å². The summed E-state index contributed by atoms with van der Waals surface area (Å²) in [7, 11) is 4.47. The van der Waals surface area contributed by atoms with Crippen molar-refractivity contribution in [2.45, 2.75) is 4.90 Å². The number of imide groups is 1. The van der Waals surface area contributed by atoms with E-state index in [-0.39, 0.29) is 11.4 Å². The summed E-state index contributed by atoms with van der Waals surface area (Å²) in [6.07, 6.45) is 3.48. The Morgan fingerprint density at radius 3 is 2.38 bits per heavy atom. The van der Waals surface area contributed by atoms with Crippen molar-refractivity contribution in [3.8, 4) is 17.2 Å². The van der Waals surface area contributed by atoms with Crippen molar-refractivity contribution in [2.75, 3.05) is 39.4 Å². The first kappa shape index (κ1) is 23.6. The van der Waals surface area contributed by atoms with Crippen LogP contribution in [0.25, 0.3) is 6.08 Å². The molecule has 1 N–H and O–H groups in total. The summed E-state index contributed by atoms with van der Waals surface area (Å²) in [5, 5.41) is 2.21. The van der Waals surface area contributed by atoms with Crippen LogP contribution in [0.5, 0.6) is 17.2 Å². The number of carbonyl (C=O) groups is 3. The molecular weight excluding hydrogens is 452 g/mol. The molecule has 1 aliphatic heterocycles. The van der Waals surface area contributed by atoms with Crippen LogP contribution in [0.4, 0.5) is 10.5 Å². The molecule has 168 valence electrons. The van der Waals surface area contributed by atoms with E-state index in [1.807, 2.05) is 24.5 Å². The second-order valence-electron chi connectivity index (χ2n) is 6.51. The van der Waals surface area contributed by atoms with Crippen molar-refractivity contribution < 1.29 is 28.6 Å². The molecule has 0 atom stereocenters. The number of nitrogens with one attached hydrogen (secondary N) is 1. The quantitative estimate of drug-likeness (QED) is 0.451. The van der Waals surface area contributed by atoms with Gasteiger partial charge in [0.2, 0.25) is 11.7 Å². The first-order valence-corrected chi connectivity index (χ1v) is 11.4. The van der Waals surface area contributed by atoms with Crippen LogP contribution in [0.15, 0.2) is 46.2 Å². The molecule has 2 aromatic rings. The summed E-state index contributed by atoms with van der Waals surface area (Å²) in [6.45, 7) is -0.374. The van der Waals surface area contributed by atoms with Gasteiger partial charge in [-0.25, -0.2) is 0 Å². The zero-order valence-corrected chi connectivity index (χ0v) is 19.6. The minimum atomic E-state index is -0.540. The van der Waals surface area contributed by atoms with Crippen LogP contribution in [0, 0.1) is 0 Å². The molecule has 1 heterocycles. The monoisotopic (exact) mass is 474 g/mol. The van der Waals surface area contributed by atoms with Crippen molar-refractivity contribution >= 4 is 52.3 Å². The molecule has 0 bridgehead atoms. The molecule has 8 nitrogen and oxygen atoms in total. The molecule has 32 heavy (non-hydrogen) atoms. The summed E-state index contributed by atoms with van der Waals surface area (Å²) in [5.74, 6) is 0.261. The van der Waals surface area contributed by atoms with Crippen molar-refractivity contribution in [3.63, 3.8) is 0 Å².